The number of aliphatic carboxylic acids is 1. The van der Waals surface area contributed by atoms with Gasteiger partial charge in [0.25, 0.3) is 5.89 Å². The van der Waals surface area contributed by atoms with E-state index in [1.54, 1.807) is 11.6 Å². The maximum Gasteiger partial charge on any atom is 0.573 e. The molecule has 1 N–H and O–H groups in total. The summed E-state index contributed by atoms with van der Waals surface area (Å²) in [7, 11) is -3.03. The van der Waals surface area contributed by atoms with Crippen molar-refractivity contribution in [2.24, 2.45) is 0 Å². The first-order valence-electron chi connectivity index (χ1n) is 13.3. The minimum Gasteiger partial charge on any atom is -0.475 e. The van der Waals surface area contributed by atoms with Crippen molar-refractivity contribution < 1.29 is 53.9 Å². The molecule has 1 aliphatic rings. The number of hydrogen-bond acceptors (Lipinski definition) is 10. The molecule has 248 valence electrons. The van der Waals surface area contributed by atoms with E-state index in [-0.39, 0.29) is 28.5 Å². The number of aryl methyl sites for hydroxylation is 1. The van der Waals surface area contributed by atoms with E-state index < -0.39 is 28.3 Å². The van der Waals surface area contributed by atoms with Gasteiger partial charge >= 0.3 is 18.5 Å². The topological polar surface area (TPSA) is 154 Å². The van der Waals surface area contributed by atoms with Gasteiger partial charge in [-0.1, -0.05) is 17.3 Å². The van der Waals surface area contributed by atoms with Crippen LogP contribution in [0.2, 0.25) is 0 Å². The zero-order valence-corrected chi connectivity index (χ0v) is 24.9. The number of aromatic nitrogens is 5. The Hall–Kier alpha value is -4.68. The summed E-state index contributed by atoms with van der Waals surface area (Å²) in [6.45, 7) is 3.58. The molecule has 2 aromatic carbocycles. The number of ether oxygens (including phenoxy) is 1. The van der Waals surface area contributed by atoms with Gasteiger partial charge in [-0.2, -0.15) is 18.2 Å². The zero-order chi connectivity index (χ0) is 33.9. The van der Waals surface area contributed by atoms with Crippen LogP contribution in [-0.2, 0) is 21.2 Å². The molecule has 46 heavy (non-hydrogen) atoms. The number of benzene rings is 2. The van der Waals surface area contributed by atoms with E-state index in [0.717, 1.165) is 23.4 Å². The van der Waals surface area contributed by atoms with Crippen LogP contribution >= 0.6 is 0 Å². The first kappa shape index (κ1) is 34.2. The van der Waals surface area contributed by atoms with E-state index in [0.29, 0.717) is 43.9 Å². The van der Waals surface area contributed by atoms with Gasteiger partial charge in [-0.25, -0.2) is 22.9 Å². The van der Waals surface area contributed by atoms with Crippen LogP contribution < -0.4 is 9.64 Å². The summed E-state index contributed by atoms with van der Waals surface area (Å²) in [6.07, 6.45) is -7.35. The number of alkyl halides is 6. The van der Waals surface area contributed by atoms with Crippen LogP contribution in [0.3, 0.4) is 0 Å². The summed E-state index contributed by atoms with van der Waals surface area (Å²) in [5, 5.41) is 15.2. The number of nitrogens with zero attached hydrogens (tertiary/aromatic N) is 6. The maximum absolute atomic E-state index is 12.4. The lowest BCUT2D eigenvalue weighted by Gasteiger charge is -2.33. The molecule has 0 radical (unpaired) electrons. The quantitative estimate of drug-likeness (QED) is 0.266. The molecule has 1 saturated heterocycles. The molecule has 1 fully saturated rings. The number of carbonyl (C=O) groups is 1. The largest absolute Gasteiger partial charge is 0.573 e. The lowest BCUT2D eigenvalue weighted by atomic mass is 10.1. The summed E-state index contributed by atoms with van der Waals surface area (Å²) in [6, 6.07) is 13.1. The molecule has 0 saturated carbocycles. The second-order valence-corrected chi connectivity index (χ2v) is 12.5. The van der Waals surface area contributed by atoms with Gasteiger partial charge in [0.2, 0.25) is 11.6 Å². The van der Waals surface area contributed by atoms with E-state index in [1.165, 1.54) is 18.4 Å². The van der Waals surface area contributed by atoms with E-state index in [9.17, 15) is 34.8 Å². The smallest absolute Gasteiger partial charge is 0.475 e. The minimum absolute atomic E-state index is 0.0740. The predicted molar refractivity (Wildman–Crippen MR) is 149 cm³/mol. The number of carboxylic acid groups (broad SMARTS) is 1. The van der Waals surface area contributed by atoms with Gasteiger partial charge in [-0.15, -0.1) is 18.3 Å². The summed E-state index contributed by atoms with van der Waals surface area (Å²) in [5.41, 5.74) is 2.45. The predicted octanol–water partition coefficient (Wildman–Crippen LogP) is 4.90. The van der Waals surface area contributed by atoms with Crippen LogP contribution in [-0.4, -0.2) is 81.5 Å². The van der Waals surface area contributed by atoms with Crippen molar-refractivity contribution in [2.75, 3.05) is 24.2 Å². The third-order valence-electron chi connectivity index (χ3n) is 6.72. The van der Waals surface area contributed by atoms with Crippen molar-refractivity contribution in [1.29, 1.82) is 0 Å². The second kappa shape index (κ2) is 13.4. The second-order valence-electron chi connectivity index (χ2n) is 10.1. The Bertz CT molecular complexity index is 1760. The molecule has 1 aliphatic heterocycles. The Balaban J connectivity index is 0.000000617. The third kappa shape index (κ3) is 9.18. The van der Waals surface area contributed by atoms with Gasteiger partial charge in [-0.3, -0.25) is 0 Å². The highest BCUT2D eigenvalue weighted by atomic mass is 32.2. The Kier molecular flexibility index (Phi) is 9.93. The van der Waals surface area contributed by atoms with E-state index in [4.69, 9.17) is 14.4 Å². The maximum atomic E-state index is 12.4. The van der Waals surface area contributed by atoms with Crippen LogP contribution in [0.5, 0.6) is 5.75 Å². The molecule has 0 spiro atoms. The first-order chi connectivity index (χ1) is 21.4. The van der Waals surface area contributed by atoms with Crippen LogP contribution in [0.4, 0.5) is 32.0 Å². The van der Waals surface area contributed by atoms with Gasteiger partial charge < -0.3 is 19.3 Å². The molecule has 0 aliphatic carbocycles. The average Bonchev–Trinajstić information content (AvgIpc) is 3.59. The fourth-order valence-electron chi connectivity index (χ4n) is 4.46. The van der Waals surface area contributed by atoms with Crippen molar-refractivity contribution in [1.82, 2.24) is 24.9 Å². The lowest BCUT2D eigenvalue weighted by Crippen LogP contribution is -2.39. The molecular weight excluding hydrogens is 650 g/mol. The normalized spacial score (nSPS) is 14.5. The SMILES string of the molecule is Cc1nc(-c2nc(-c3ccc(OC(F)(F)F)cc3)no2)nn1Cc1cccc(N2CCC(S(C)(=O)=O)CC2)c1.O=C(O)C(F)(F)F. The fraction of sp³-hybridized carbons (Fsp3) is 0.370. The van der Waals surface area contributed by atoms with Gasteiger partial charge in [0.15, 0.2) is 0 Å². The molecule has 0 amide bonds. The molecule has 0 atom stereocenters. The van der Waals surface area contributed by atoms with Crippen LogP contribution in [0.25, 0.3) is 23.1 Å². The molecule has 3 heterocycles. The summed E-state index contributed by atoms with van der Waals surface area (Å²) in [5.74, 6) is -2.02. The summed E-state index contributed by atoms with van der Waals surface area (Å²) in [4.78, 5) is 19.8. The molecule has 4 aromatic rings. The third-order valence-corrected chi connectivity index (χ3v) is 8.40. The lowest BCUT2D eigenvalue weighted by molar-refractivity contribution is -0.274. The van der Waals surface area contributed by atoms with Crippen molar-refractivity contribution in [2.45, 2.75) is 44.1 Å². The van der Waals surface area contributed by atoms with E-state index in [2.05, 4.69) is 35.9 Å². The van der Waals surface area contributed by atoms with Crippen molar-refractivity contribution in [3.63, 3.8) is 0 Å². The Morgan fingerprint density at radius 1 is 1.02 bits per heavy atom. The zero-order valence-electron chi connectivity index (χ0n) is 24.1. The Morgan fingerprint density at radius 3 is 2.22 bits per heavy atom. The van der Waals surface area contributed by atoms with Gasteiger partial charge in [0.05, 0.1) is 11.8 Å². The average molecular weight is 677 g/mol. The molecule has 0 unspecified atom stereocenters. The minimum atomic E-state index is -5.08. The van der Waals surface area contributed by atoms with Crippen molar-refractivity contribution in [3.8, 4) is 28.9 Å². The molecule has 12 nitrogen and oxygen atoms in total. The highest BCUT2D eigenvalue weighted by Gasteiger charge is 2.38. The standard InChI is InChI=1S/C25H25F3N6O4S.C2HF3O2/c1-16-29-23(24-30-22(32-38-24)18-6-8-20(9-7-18)37-25(26,27)28)31-34(16)15-17-4-3-5-19(14-17)33-12-10-21(11-13-33)39(2,35)36;3-2(4,5)1(6)7/h3-9,14,21H,10-13,15H2,1-2H3;(H,6,7). The highest BCUT2D eigenvalue weighted by Crippen LogP contribution is 2.27. The van der Waals surface area contributed by atoms with Gasteiger partial charge in [-0.05, 0) is 61.7 Å². The van der Waals surface area contributed by atoms with Gasteiger partial charge in [0.1, 0.15) is 21.4 Å². The number of rotatable bonds is 7. The Morgan fingerprint density at radius 2 is 1.65 bits per heavy atom. The molecule has 19 heteroatoms. The number of carboxylic acids is 1. The van der Waals surface area contributed by atoms with Crippen LogP contribution in [0.1, 0.15) is 24.2 Å². The van der Waals surface area contributed by atoms with Crippen LogP contribution in [0.15, 0.2) is 53.1 Å². The molecule has 0 bridgehead atoms. The van der Waals surface area contributed by atoms with Crippen LogP contribution in [0, 0.1) is 6.92 Å². The Labute approximate surface area is 257 Å². The van der Waals surface area contributed by atoms with Gasteiger partial charge in [0, 0.05) is 30.6 Å². The monoisotopic (exact) mass is 676 g/mol. The number of piperidine rings is 1. The first-order valence-corrected chi connectivity index (χ1v) is 15.3. The van der Waals surface area contributed by atoms with E-state index >= 15 is 0 Å². The van der Waals surface area contributed by atoms with Crippen molar-refractivity contribution >= 4 is 21.5 Å². The van der Waals surface area contributed by atoms with E-state index in [1.807, 2.05) is 18.2 Å². The summed E-state index contributed by atoms with van der Waals surface area (Å²) < 4.78 is 104. The highest BCUT2D eigenvalue weighted by molar-refractivity contribution is 7.91. The number of hydrogen-bond donors (Lipinski definition) is 1. The summed E-state index contributed by atoms with van der Waals surface area (Å²) >= 11 is 0. The number of sulfone groups is 1. The molecule has 2 aromatic heterocycles. The molecule has 5 rings (SSSR count). The fourth-order valence-corrected chi connectivity index (χ4v) is 5.53. The number of anilines is 1. The van der Waals surface area contributed by atoms with Crippen molar-refractivity contribution in [3.05, 3.63) is 59.9 Å². The molecular formula is C27H26F6N6O6S. The number of halogens is 6.